The zero-order chi connectivity index (χ0) is 19.2. The average Bonchev–Trinajstić information content (AvgIpc) is 2.88. The van der Waals surface area contributed by atoms with Gasteiger partial charge in [-0.1, -0.05) is 0 Å². The van der Waals surface area contributed by atoms with Crippen LogP contribution in [0, 0.1) is 19.7 Å². The van der Waals surface area contributed by atoms with Crippen LogP contribution in [-0.4, -0.2) is 31.4 Å². The number of halogens is 1. The van der Waals surface area contributed by atoms with Crippen molar-refractivity contribution in [3.63, 3.8) is 0 Å². The van der Waals surface area contributed by atoms with Crippen LogP contribution in [0.4, 0.5) is 4.39 Å². The minimum atomic E-state index is -0.439. The number of nitrogens with zero attached hydrogens (tertiary/aromatic N) is 1. The van der Waals surface area contributed by atoms with Crippen LogP contribution in [0.5, 0.6) is 11.5 Å². The van der Waals surface area contributed by atoms with Gasteiger partial charge in [-0.05, 0) is 45.7 Å². The van der Waals surface area contributed by atoms with Crippen LogP contribution in [0.15, 0.2) is 6.07 Å². The molecule has 0 fully saturated rings. The number of carbonyl (C=O) groups is 1. The lowest BCUT2D eigenvalue weighted by molar-refractivity contribution is 0.0526. The molecule has 0 spiro atoms. The summed E-state index contributed by atoms with van der Waals surface area (Å²) >= 11 is 0. The standard InChI is InChI=1S/C20H24FNO4/c1-7-26-20(23)16-11(3)12(4)22-10(2)8-13-14(18(16)22)9-15(24-5)19(25-6)17(13)21/h9-10H,7-8H2,1-6H3. The number of benzene rings is 1. The van der Waals surface area contributed by atoms with Gasteiger partial charge >= 0.3 is 5.97 Å². The zero-order valence-electron chi connectivity index (χ0n) is 16.0. The van der Waals surface area contributed by atoms with Crippen LogP contribution in [0.3, 0.4) is 0 Å². The average molecular weight is 361 g/mol. The van der Waals surface area contributed by atoms with Gasteiger partial charge in [-0.15, -0.1) is 0 Å². The number of carbonyl (C=O) groups excluding carboxylic acids is 1. The second-order valence-electron chi connectivity index (χ2n) is 6.53. The van der Waals surface area contributed by atoms with Gasteiger partial charge in [0.15, 0.2) is 17.3 Å². The van der Waals surface area contributed by atoms with Crippen molar-refractivity contribution in [1.29, 1.82) is 0 Å². The number of fused-ring (bicyclic) bond motifs is 3. The fourth-order valence-corrected chi connectivity index (χ4v) is 3.88. The van der Waals surface area contributed by atoms with E-state index < -0.39 is 11.8 Å². The highest BCUT2D eigenvalue weighted by Gasteiger charge is 2.35. The summed E-state index contributed by atoms with van der Waals surface area (Å²) in [6.07, 6.45) is 0.506. The maximum atomic E-state index is 15.1. The van der Waals surface area contributed by atoms with Crippen LogP contribution in [0.2, 0.25) is 0 Å². The van der Waals surface area contributed by atoms with Crippen molar-refractivity contribution >= 4 is 5.97 Å². The summed E-state index contributed by atoms with van der Waals surface area (Å²) in [7, 11) is 2.89. The van der Waals surface area contributed by atoms with Crippen molar-refractivity contribution in [3.05, 3.63) is 34.3 Å². The number of hydrogen-bond donors (Lipinski definition) is 0. The minimum Gasteiger partial charge on any atom is -0.493 e. The Bertz CT molecular complexity index is 885. The molecule has 1 aliphatic rings. The second-order valence-corrected chi connectivity index (χ2v) is 6.53. The van der Waals surface area contributed by atoms with Gasteiger partial charge in [0.1, 0.15) is 0 Å². The molecule has 0 saturated heterocycles. The molecule has 0 bridgehead atoms. The topological polar surface area (TPSA) is 49.7 Å². The van der Waals surface area contributed by atoms with Gasteiger partial charge in [-0.25, -0.2) is 9.18 Å². The molecule has 2 aromatic rings. The van der Waals surface area contributed by atoms with Crippen molar-refractivity contribution in [2.75, 3.05) is 20.8 Å². The van der Waals surface area contributed by atoms with E-state index in [0.717, 1.165) is 11.3 Å². The molecule has 6 heteroatoms. The molecule has 26 heavy (non-hydrogen) atoms. The third-order valence-corrected chi connectivity index (χ3v) is 5.14. The molecular weight excluding hydrogens is 337 g/mol. The van der Waals surface area contributed by atoms with Gasteiger partial charge < -0.3 is 18.8 Å². The van der Waals surface area contributed by atoms with Crippen molar-refractivity contribution in [2.24, 2.45) is 0 Å². The fraction of sp³-hybridized carbons (Fsp3) is 0.450. The monoisotopic (exact) mass is 361 g/mol. The van der Waals surface area contributed by atoms with Crippen molar-refractivity contribution in [3.8, 4) is 22.8 Å². The van der Waals surface area contributed by atoms with Crippen molar-refractivity contribution in [1.82, 2.24) is 4.57 Å². The first-order chi connectivity index (χ1) is 12.4. The molecule has 1 aromatic heterocycles. The molecule has 5 nitrogen and oxygen atoms in total. The summed E-state index contributed by atoms with van der Waals surface area (Å²) in [5.41, 5.74) is 4.20. The van der Waals surface area contributed by atoms with E-state index in [0.29, 0.717) is 34.6 Å². The van der Waals surface area contributed by atoms with E-state index in [1.807, 2.05) is 20.8 Å². The van der Waals surface area contributed by atoms with E-state index in [9.17, 15) is 4.79 Å². The largest absolute Gasteiger partial charge is 0.493 e. The van der Waals surface area contributed by atoms with Crippen molar-refractivity contribution < 1.29 is 23.4 Å². The Morgan fingerprint density at radius 1 is 1.31 bits per heavy atom. The predicted molar refractivity (Wildman–Crippen MR) is 96.8 cm³/mol. The summed E-state index contributed by atoms with van der Waals surface area (Å²) in [6, 6.07) is 1.75. The Morgan fingerprint density at radius 3 is 2.58 bits per heavy atom. The Morgan fingerprint density at radius 2 is 2.00 bits per heavy atom. The lowest BCUT2D eigenvalue weighted by Crippen LogP contribution is -2.20. The third kappa shape index (κ3) is 2.47. The molecule has 1 aliphatic heterocycles. The number of esters is 1. The maximum Gasteiger partial charge on any atom is 0.340 e. The van der Waals surface area contributed by atoms with Crippen LogP contribution in [-0.2, 0) is 11.2 Å². The van der Waals surface area contributed by atoms with Crippen LogP contribution >= 0.6 is 0 Å². The van der Waals surface area contributed by atoms with Crippen LogP contribution < -0.4 is 9.47 Å². The van der Waals surface area contributed by atoms with Gasteiger partial charge in [0.05, 0.1) is 32.1 Å². The molecule has 0 saturated carbocycles. The summed E-state index contributed by atoms with van der Waals surface area (Å²) in [5, 5.41) is 0. The van der Waals surface area contributed by atoms with E-state index in [1.54, 1.807) is 13.0 Å². The molecule has 0 N–H and O–H groups in total. The van der Waals surface area contributed by atoms with E-state index in [-0.39, 0.29) is 18.4 Å². The predicted octanol–water partition coefficient (Wildman–Crippen LogP) is 4.22. The Kier molecular flexibility index (Phi) is 4.69. The molecule has 0 aliphatic carbocycles. The molecule has 3 rings (SSSR count). The van der Waals surface area contributed by atoms with Crippen LogP contribution in [0.1, 0.15) is 47.1 Å². The smallest absolute Gasteiger partial charge is 0.340 e. The minimum absolute atomic E-state index is 0.00646. The number of aromatic nitrogens is 1. The van der Waals surface area contributed by atoms with Gasteiger partial charge in [0.25, 0.3) is 0 Å². The highest BCUT2D eigenvalue weighted by Crippen LogP contribution is 2.47. The molecule has 1 aromatic carbocycles. The Balaban J connectivity index is 2.38. The highest BCUT2D eigenvalue weighted by molar-refractivity contribution is 6.00. The molecule has 1 atom stereocenters. The first-order valence-corrected chi connectivity index (χ1v) is 8.69. The number of ether oxygens (including phenoxy) is 3. The van der Waals surface area contributed by atoms with E-state index in [2.05, 4.69) is 4.57 Å². The maximum absolute atomic E-state index is 15.1. The second kappa shape index (κ2) is 6.67. The molecule has 2 heterocycles. The van der Waals surface area contributed by atoms with Crippen molar-refractivity contribution in [2.45, 2.75) is 40.2 Å². The fourth-order valence-electron chi connectivity index (χ4n) is 3.88. The quantitative estimate of drug-likeness (QED) is 0.765. The molecule has 0 radical (unpaired) electrons. The lowest BCUT2D eigenvalue weighted by Gasteiger charge is -2.29. The van der Waals surface area contributed by atoms with E-state index in [4.69, 9.17) is 14.2 Å². The summed E-state index contributed by atoms with van der Waals surface area (Å²) in [5.74, 6) is -0.441. The Hall–Kier alpha value is -2.50. The first-order valence-electron chi connectivity index (χ1n) is 8.69. The van der Waals surface area contributed by atoms with Crippen LogP contribution in [0.25, 0.3) is 11.3 Å². The van der Waals surface area contributed by atoms with Gasteiger partial charge in [0, 0.05) is 22.9 Å². The normalized spacial score (nSPS) is 15.3. The molecule has 0 amide bonds. The molecule has 140 valence electrons. The lowest BCUT2D eigenvalue weighted by atomic mass is 9.91. The van der Waals surface area contributed by atoms with Gasteiger partial charge in [-0.2, -0.15) is 0 Å². The first kappa shape index (κ1) is 18.3. The number of methoxy groups -OCH3 is 2. The van der Waals surface area contributed by atoms with Gasteiger partial charge in [-0.3, -0.25) is 0 Å². The number of hydrogen-bond acceptors (Lipinski definition) is 4. The SMILES string of the molecule is CCOC(=O)c1c(C)c(C)n2c1-c1cc(OC)c(OC)c(F)c1CC2C. The summed E-state index contributed by atoms with van der Waals surface area (Å²) in [6.45, 7) is 7.94. The Labute approximate surface area is 152 Å². The molecule has 1 unspecified atom stereocenters. The zero-order valence-corrected chi connectivity index (χ0v) is 16.0. The summed E-state index contributed by atoms with van der Waals surface area (Å²) in [4.78, 5) is 12.6. The summed E-state index contributed by atoms with van der Waals surface area (Å²) < 4.78 is 33.0. The van der Waals surface area contributed by atoms with E-state index >= 15 is 4.39 Å². The number of rotatable bonds is 4. The third-order valence-electron chi connectivity index (χ3n) is 5.14. The van der Waals surface area contributed by atoms with E-state index in [1.165, 1.54) is 14.2 Å². The highest BCUT2D eigenvalue weighted by atomic mass is 19.1. The van der Waals surface area contributed by atoms with Gasteiger partial charge in [0.2, 0.25) is 0 Å². The molecular formula is C20H24FNO4.